The Morgan fingerprint density at radius 1 is 1.08 bits per heavy atom. The highest BCUT2D eigenvalue weighted by molar-refractivity contribution is 6.74. The molecule has 0 saturated heterocycles. The van der Waals surface area contributed by atoms with Gasteiger partial charge in [-0.1, -0.05) is 18.2 Å². The van der Waals surface area contributed by atoms with E-state index in [0.29, 0.717) is 11.1 Å². The summed E-state index contributed by atoms with van der Waals surface area (Å²) in [5.41, 5.74) is 1.08. The smallest absolute Gasteiger partial charge is 0.234 e. The molecular formula is C8H9F3Si. The van der Waals surface area contributed by atoms with Gasteiger partial charge in [0.1, 0.15) is 0 Å². The molecule has 0 aliphatic carbocycles. The maximum Gasteiger partial charge on any atom is 0.653 e. The van der Waals surface area contributed by atoms with Gasteiger partial charge >= 0.3 is 9.08 Å². The first-order valence-electron chi connectivity index (χ1n) is 3.56. The summed E-state index contributed by atoms with van der Waals surface area (Å²) < 4.78 is 37.1. The highest BCUT2D eigenvalue weighted by atomic mass is 28.5. The first kappa shape index (κ1) is 9.32. The van der Waals surface area contributed by atoms with Crippen LogP contribution in [0.2, 0.25) is 0 Å². The predicted molar refractivity (Wildman–Crippen MR) is 44.6 cm³/mol. The quantitative estimate of drug-likeness (QED) is 0.471. The zero-order chi connectivity index (χ0) is 9.35. The Labute approximate surface area is 70.6 Å². The van der Waals surface area contributed by atoms with Crippen molar-refractivity contribution < 1.29 is 12.3 Å². The summed E-state index contributed by atoms with van der Waals surface area (Å²) >= 11 is 0. The van der Waals surface area contributed by atoms with Gasteiger partial charge in [0.15, 0.2) is 0 Å². The van der Waals surface area contributed by atoms with E-state index < -0.39 is 14.3 Å². The molecule has 0 radical (unpaired) electrons. The van der Waals surface area contributed by atoms with E-state index in [4.69, 9.17) is 0 Å². The lowest BCUT2D eigenvalue weighted by Gasteiger charge is -2.08. The first-order chi connectivity index (χ1) is 5.43. The molecule has 0 amide bonds. The van der Waals surface area contributed by atoms with Crippen LogP contribution in [0.3, 0.4) is 0 Å². The highest BCUT2D eigenvalue weighted by Crippen LogP contribution is 2.13. The average molecular weight is 190 g/mol. The van der Waals surface area contributed by atoms with Gasteiger partial charge in [-0.25, -0.2) is 12.3 Å². The summed E-state index contributed by atoms with van der Waals surface area (Å²) in [4.78, 5) is 0. The summed E-state index contributed by atoms with van der Waals surface area (Å²) in [5.74, 6) is 0. The van der Waals surface area contributed by atoms with Gasteiger partial charge in [-0.05, 0) is 25.0 Å². The minimum absolute atomic E-state index is 0.372. The van der Waals surface area contributed by atoms with Crippen LogP contribution in [0, 0.1) is 13.8 Å². The Hall–Kier alpha value is -0.773. The third-order valence-electron chi connectivity index (χ3n) is 1.91. The average Bonchev–Trinajstić information content (AvgIpc) is 1.92. The maximum atomic E-state index is 12.4. The summed E-state index contributed by atoms with van der Waals surface area (Å²) in [6.07, 6.45) is 0. The second-order valence-corrected chi connectivity index (χ2v) is 4.28. The van der Waals surface area contributed by atoms with Crippen LogP contribution in [-0.2, 0) is 0 Å². The number of benzene rings is 1. The van der Waals surface area contributed by atoms with Crippen LogP contribution < -0.4 is 5.19 Å². The molecule has 0 aromatic heterocycles. The molecule has 0 saturated carbocycles. The largest absolute Gasteiger partial charge is 0.653 e. The molecule has 0 N–H and O–H groups in total. The Bertz CT molecular complexity index is 291. The molecule has 0 spiro atoms. The Morgan fingerprint density at radius 2 is 1.67 bits per heavy atom. The van der Waals surface area contributed by atoms with Gasteiger partial charge in [-0.2, -0.15) is 0 Å². The van der Waals surface area contributed by atoms with Gasteiger partial charge < -0.3 is 0 Å². The highest BCUT2D eigenvalue weighted by Gasteiger charge is 2.41. The third-order valence-corrected chi connectivity index (χ3v) is 3.06. The van der Waals surface area contributed by atoms with Crippen LogP contribution in [-0.4, -0.2) is 9.08 Å². The minimum Gasteiger partial charge on any atom is -0.234 e. The minimum atomic E-state index is -5.61. The standard InChI is InChI=1S/C8H9F3Si/c1-6-4-3-5-8(7(6)2)12(9,10)11/h3-5H,1-2H3. The Kier molecular flexibility index (Phi) is 2.28. The van der Waals surface area contributed by atoms with Crippen molar-refractivity contribution in [1.29, 1.82) is 0 Å². The molecule has 0 bridgehead atoms. The monoisotopic (exact) mass is 190 g/mol. The van der Waals surface area contributed by atoms with Crippen LogP contribution in [0.25, 0.3) is 0 Å². The van der Waals surface area contributed by atoms with E-state index in [1.165, 1.54) is 13.0 Å². The molecule has 0 unspecified atom stereocenters. The Morgan fingerprint density at radius 3 is 2.08 bits per heavy atom. The third kappa shape index (κ3) is 1.69. The molecule has 66 valence electrons. The fourth-order valence-electron chi connectivity index (χ4n) is 1.06. The van der Waals surface area contributed by atoms with Gasteiger partial charge in [0, 0.05) is 5.19 Å². The molecule has 0 nitrogen and oxygen atoms in total. The molecule has 0 aliphatic heterocycles. The van der Waals surface area contributed by atoms with Crippen LogP contribution in [0.1, 0.15) is 11.1 Å². The van der Waals surface area contributed by atoms with Crippen LogP contribution in [0.4, 0.5) is 12.3 Å². The van der Waals surface area contributed by atoms with E-state index >= 15 is 0 Å². The van der Waals surface area contributed by atoms with Crippen molar-refractivity contribution in [2.45, 2.75) is 13.8 Å². The first-order valence-corrected chi connectivity index (χ1v) is 5.19. The van der Waals surface area contributed by atoms with Gasteiger partial charge in [0.2, 0.25) is 0 Å². The van der Waals surface area contributed by atoms with E-state index in [9.17, 15) is 12.3 Å². The van der Waals surface area contributed by atoms with Gasteiger partial charge in [0.05, 0.1) is 0 Å². The van der Waals surface area contributed by atoms with Crippen LogP contribution in [0.15, 0.2) is 18.2 Å². The normalized spacial score (nSPS) is 11.8. The molecule has 0 fully saturated rings. The summed E-state index contributed by atoms with van der Waals surface area (Å²) in [6.45, 7) is 3.21. The number of aryl methyl sites for hydroxylation is 1. The van der Waals surface area contributed by atoms with E-state index in [2.05, 4.69) is 0 Å². The van der Waals surface area contributed by atoms with Crippen molar-refractivity contribution in [3.05, 3.63) is 29.3 Å². The van der Waals surface area contributed by atoms with Crippen molar-refractivity contribution in [3.63, 3.8) is 0 Å². The zero-order valence-corrected chi connectivity index (χ0v) is 7.87. The molecule has 0 aliphatic rings. The second-order valence-electron chi connectivity index (χ2n) is 2.75. The summed E-state index contributed by atoms with van der Waals surface area (Å²) in [7, 11) is -5.61. The maximum absolute atomic E-state index is 12.4. The van der Waals surface area contributed by atoms with Crippen molar-refractivity contribution in [2.75, 3.05) is 0 Å². The molecule has 4 heteroatoms. The second kappa shape index (κ2) is 2.93. The molecule has 12 heavy (non-hydrogen) atoms. The van der Waals surface area contributed by atoms with Crippen molar-refractivity contribution in [3.8, 4) is 0 Å². The number of rotatable bonds is 1. The topological polar surface area (TPSA) is 0 Å². The van der Waals surface area contributed by atoms with Crippen molar-refractivity contribution in [1.82, 2.24) is 0 Å². The molecule has 1 rings (SSSR count). The number of halogens is 3. The van der Waals surface area contributed by atoms with Gasteiger partial charge in [-0.15, -0.1) is 0 Å². The molecule has 1 aromatic rings. The lowest BCUT2D eigenvalue weighted by Crippen LogP contribution is -2.36. The van der Waals surface area contributed by atoms with Gasteiger partial charge in [0.25, 0.3) is 0 Å². The molecule has 1 aromatic carbocycles. The molecule has 0 atom stereocenters. The Balaban J connectivity index is 3.26. The fraction of sp³-hybridized carbons (Fsp3) is 0.250. The molecular weight excluding hydrogens is 181 g/mol. The summed E-state index contributed by atoms with van der Waals surface area (Å²) in [6, 6.07) is 4.31. The summed E-state index contributed by atoms with van der Waals surface area (Å²) in [5, 5.41) is -0.400. The number of hydrogen-bond acceptors (Lipinski definition) is 0. The lowest BCUT2D eigenvalue weighted by atomic mass is 10.1. The van der Waals surface area contributed by atoms with E-state index in [-0.39, 0.29) is 0 Å². The van der Waals surface area contributed by atoms with Crippen LogP contribution >= 0.6 is 0 Å². The van der Waals surface area contributed by atoms with Gasteiger partial charge in [-0.3, -0.25) is 0 Å². The van der Waals surface area contributed by atoms with Crippen molar-refractivity contribution >= 4 is 14.3 Å². The lowest BCUT2D eigenvalue weighted by molar-refractivity contribution is 0.500. The predicted octanol–water partition coefficient (Wildman–Crippen LogP) is 2.36. The van der Waals surface area contributed by atoms with E-state index in [0.717, 1.165) is 6.07 Å². The molecule has 0 heterocycles. The fourth-order valence-corrected chi connectivity index (χ4v) is 1.97. The van der Waals surface area contributed by atoms with Crippen LogP contribution in [0.5, 0.6) is 0 Å². The van der Waals surface area contributed by atoms with E-state index in [1.807, 2.05) is 0 Å². The van der Waals surface area contributed by atoms with Crippen molar-refractivity contribution in [2.24, 2.45) is 0 Å². The zero-order valence-electron chi connectivity index (χ0n) is 6.87. The SMILES string of the molecule is Cc1cccc([Si](F)(F)F)c1C. The van der Waals surface area contributed by atoms with E-state index in [1.54, 1.807) is 13.0 Å². The number of hydrogen-bond donors (Lipinski definition) is 0.